The van der Waals surface area contributed by atoms with Gasteiger partial charge in [0, 0.05) is 33.9 Å². The maximum Gasteiger partial charge on any atom is 0.257 e. The third kappa shape index (κ3) is 3.06. The first kappa shape index (κ1) is 15.1. The number of hydrogen-bond donors (Lipinski definition) is 0. The number of benzene rings is 1. The first-order valence-corrected chi connectivity index (χ1v) is 7.32. The quantitative estimate of drug-likeness (QED) is 0.865. The number of nitrogens with zero attached hydrogens (tertiary/aromatic N) is 3. The molecule has 6 heteroatoms. The summed E-state index contributed by atoms with van der Waals surface area (Å²) in [6.45, 7) is 0.729. The number of aromatic nitrogens is 1. The highest BCUT2D eigenvalue weighted by Crippen LogP contribution is 2.32. The van der Waals surface area contributed by atoms with Crippen molar-refractivity contribution in [1.29, 1.82) is 0 Å². The largest absolute Gasteiger partial charge is 0.454 e. The van der Waals surface area contributed by atoms with E-state index in [1.165, 1.54) is 0 Å². The van der Waals surface area contributed by atoms with E-state index < -0.39 is 0 Å². The summed E-state index contributed by atoms with van der Waals surface area (Å²) in [6.07, 6.45) is 1.68. The molecule has 0 atom stereocenters. The van der Waals surface area contributed by atoms with Crippen LogP contribution in [0.4, 0.5) is 5.82 Å². The minimum atomic E-state index is -0.0699. The van der Waals surface area contributed by atoms with Gasteiger partial charge in [-0.1, -0.05) is 6.07 Å². The normalized spacial score (nSPS) is 12.1. The van der Waals surface area contributed by atoms with Crippen molar-refractivity contribution in [3.05, 3.63) is 47.7 Å². The lowest BCUT2D eigenvalue weighted by Gasteiger charge is -2.21. The molecule has 23 heavy (non-hydrogen) atoms. The van der Waals surface area contributed by atoms with Gasteiger partial charge >= 0.3 is 0 Å². The zero-order chi connectivity index (χ0) is 16.4. The van der Waals surface area contributed by atoms with Gasteiger partial charge in [-0.15, -0.1) is 0 Å². The van der Waals surface area contributed by atoms with Gasteiger partial charge in [-0.05, 0) is 29.8 Å². The van der Waals surface area contributed by atoms with Crippen molar-refractivity contribution < 1.29 is 14.3 Å². The van der Waals surface area contributed by atoms with E-state index in [4.69, 9.17) is 9.47 Å². The van der Waals surface area contributed by atoms with Crippen LogP contribution < -0.4 is 14.4 Å². The molecule has 3 rings (SSSR count). The summed E-state index contributed by atoms with van der Waals surface area (Å²) in [5, 5.41) is 0. The van der Waals surface area contributed by atoms with Gasteiger partial charge in [0.05, 0.1) is 5.56 Å². The zero-order valence-corrected chi connectivity index (χ0v) is 13.4. The third-order valence-corrected chi connectivity index (χ3v) is 3.64. The van der Waals surface area contributed by atoms with Crippen molar-refractivity contribution in [3.8, 4) is 11.5 Å². The molecule has 0 saturated heterocycles. The summed E-state index contributed by atoms with van der Waals surface area (Å²) in [4.78, 5) is 20.5. The average molecular weight is 313 g/mol. The Morgan fingerprint density at radius 3 is 2.74 bits per heavy atom. The van der Waals surface area contributed by atoms with Crippen molar-refractivity contribution >= 4 is 11.7 Å². The van der Waals surface area contributed by atoms with Crippen LogP contribution in [0.1, 0.15) is 15.9 Å². The number of fused-ring (bicyclic) bond motifs is 1. The van der Waals surface area contributed by atoms with Crippen LogP contribution in [0.3, 0.4) is 0 Å². The standard InChI is InChI=1S/C17H19N3O3/c1-19(2)16-13(5-4-8-18-16)17(21)20(3)10-12-6-7-14-15(9-12)23-11-22-14/h4-9H,10-11H2,1-3H3. The molecule has 1 aromatic heterocycles. The Morgan fingerprint density at radius 1 is 1.17 bits per heavy atom. The molecular formula is C17H19N3O3. The molecule has 0 N–H and O–H groups in total. The molecule has 1 amide bonds. The van der Waals surface area contributed by atoms with Crippen molar-refractivity contribution in [2.24, 2.45) is 0 Å². The number of hydrogen-bond acceptors (Lipinski definition) is 5. The fraction of sp³-hybridized carbons (Fsp3) is 0.294. The van der Waals surface area contributed by atoms with E-state index in [0.717, 1.165) is 17.1 Å². The fourth-order valence-corrected chi connectivity index (χ4v) is 2.51. The van der Waals surface area contributed by atoms with Gasteiger partial charge in [0.2, 0.25) is 6.79 Å². The van der Waals surface area contributed by atoms with E-state index in [2.05, 4.69) is 4.98 Å². The minimum Gasteiger partial charge on any atom is -0.454 e. The molecule has 0 fully saturated rings. The Hall–Kier alpha value is -2.76. The highest BCUT2D eigenvalue weighted by Gasteiger charge is 2.19. The van der Waals surface area contributed by atoms with Gasteiger partial charge in [-0.25, -0.2) is 4.98 Å². The van der Waals surface area contributed by atoms with Crippen LogP contribution in [-0.2, 0) is 6.54 Å². The molecule has 0 aliphatic carbocycles. The van der Waals surface area contributed by atoms with Gasteiger partial charge in [0.25, 0.3) is 5.91 Å². The van der Waals surface area contributed by atoms with Crippen LogP contribution in [0.2, 0.25) is 0 Å². The van der Waals surface area contributed by atoms with Crippen molar-refractivity contribution in [2.45, 2.75) is 6.54 Å². The Labute approximate surface area is 135 Å². The lowest BCUT2D eigenvalue weighted by atomic mass is 10.1. The van der Waals surface area contributed by atoms with Gasteiger partial charge < -0.3 is 19.3 Å². The molecule has 0 saturated carbocycles. The van der Waals surface area contributed by atoms with E-state index in [9.17, 15) is 4.79 Å². The van der Waals surface area contributed by atoms with Crippen molar-refractivity contribution in [3.63, 3.8) is 0 Å². The van der Waals surface area contributed by atoms with Crippen LogP contribution >= 0.6 is 0 Å². The Morgan fingerprint density at radius 2 is 1.96 bits per heavy atom. The lowest BCUT2D eigenvalue weighted by Crippen LogP contribution is -2.28. The number of anilines is 1. The Bertz CT molecular complexity index is 731. The molecule has 0 bridgehead atoms. The molecule has 6 nitrogen and oxygen atoms in total. The first-order valence-electron chi connectivity index (χ1n) is 7.32. The topological polar surface area (TPSA) is 54.9 Å². The summed E-state index contributed by atoms with van der Waals surface area (Å²) >= 11 is 0. The Kier molecular flexibility index (Phi) is 4.06. The molecule has 1 aliphatic rings. The fourth-order valence-electron chi connectivity index (χ4n) is 2.51. The van der Waals surface area contributed by atoms with Crippen molar-refractivity contribution in [2.75, 3.05) is 32.8 Å². The third-order valence-electron chi connectivity index (χ3n) is 3.64. The van der Waals surface area contributed by atoms with Crippen LogP contribution in [0.15, 0.2) is 36.5 Å². The minimum absolute atomic E-state index is 0.0699. The van der Waals surface area contributed by atoms with E-state index >= 15 is 0 Å². The molecule has 0 unspecified atom stereocenters. The summed E-state index contributed by atoms with van der Waals surface area (Å²) < 4.78 is 10.7. The predicted molar refractivity (Wildman–Crippen MR) is 86.9 cm³/mol. The van der Waals surface area contributed by atoms with E-state index in [0.29, 0.717) is 17.9 Å². The molecule has 1 aromatic carbocycles. The number of ether oxygens (including phenoxy) is 2. The molecule has 0 radical (unpaired) electrons. The molecular weight excluding hydrogens is 294 g/mol. The van der Waals surface area contributed by atoms with Crippen LogP contribution in [0.5, 0.6) is 11.5 Å². The summed E-state index contributed by atoms with van der Waals surface area (Å²) in [6, 6.07) is 9.27. The number of pyridine rings is 1. The number of carbonyl (C=O) groups is 1. The van der Waals surface area contributed by atoms with Gasteiger partial charge in [-0.3, -0.25) is 4.79 Å². The molecule has 1 aliphatic heterocycles. The smallest absolute Gasteiger partial charge is 0.257 e. The van der Waals surface area contributed by atoms with Crippen LogP contribution in [0, 0.1) is 0 Å². The monoisotopic (exact) mass is 313 g/mol. The maximum absolute atomic E-state index is 12.7. The second kappa shape index (κ2) is 6.16. The zero-order valence-electron chi connectivity index (χ0n) is 13.4. The van der Waals surface area contributed by atoms with Crippen molar-refractivity contribution in [1.82, 2.24) is 9.88 Å². The summed E-state index contributed by atoms with van der Waals surface area (Å²) in [5.41, 5.74) is 1.57. The van der Waals surface area contributed by atoms with Crippen LogP contribution in [0.25, 0.3) is 0 Å². The maximum atomic E-state index is 12.7. The highest BCUT2D eigenvalue weighted by atomic mass is 16.7. The lowest BCUT2D eigenvalue weighted by molar-refractivity contribution is 0.0785. The van der Waals surface area contributed by atoms with Gasteiger partial charge in [0.15, 0.2) is 11.5 Å². The number of carbonyl (C=O) groups excluding carboxylic acids is 1. The second-order valence-electron chi connectivity index (χ2n) is 5.62. The van der Waals surface area contributed by atoms with E-state index in [-0.39, 0.29) is 12.7 Å². The molecule has 120 valence electrons. The van der Waals surface area contributed by atoms with Gasteiger partial charge in [-0.2, -0.15) is 0 Å². The van der Waals surface area contributed by atoms with E-state index in [1.807, 2.05) is 37.2 Å². The first-order chi connectivity index (χ1) is 11.1. The highest BCUT2D eigenvalue weighted by molar-refractivity contribution is 5.98. The predicted octanol–water partition coefficient (Wildman–Crippen LogP) is 2.15. The van der Waals surface area contributed by atoms with Crippen LogP contribution in [-0.4, -0.2) is 43.7 Å². The molecule has 2 aromatic rings. The molecule has 2 heterocycles. The summed E-state index contributed by atoms with van der Waals surface area (Å²) in [5.74, 6) is 2.05. The number of rotatable bonds is 4. The average Bonchev–Trinajstić information content (AvgIpc) is 3.01. The second-order valence-corrected chi connectivity index (χ2v) is 5.62. The SMILES string of the molecule is CN(Cc1ccc2c(c1)OCO2)C(=O)c1cccnc1N(C)C. The van der Waals surface area contributed by atoms with E-state index in [1.54, 1.807) is 30.3 Å². The summed E-state index contributed by atoms with van der Waals surface area (Å²) in [7, 11) is 5.52. The number of amides is 1. The molecule has 0 spiro atoms. The van der Waals surface area contributed by atoms with Gasteiger partial charge in [0.1, 0.15) is 5.82 Å². The Balaban J connectivity index is 1.78.